The summed E-state index contributed by atoms with van der Waals surface area (Å²) >= 11 is 0. The van der Waals surface area contributed by atoms with Crippen molar-refractivity contribution >= 4 is 17.3 Å². The van der Waals surface area contributed by atoms with Gasteiger partial charge in [-0.2, -0.15) is 0 Å². The number of nitrogen functional groups attached to an aromatic ring is 1. The molecule has 0 saturated heterocycles. The SMILES string of the molecule is COc1ccc(OC(C)C(=O)Nc2cccc(N)c2)cc1. The molecule has 2 aromatic rings. The van der Waals surface area contributed by atoms with Gasteiger partial charge >= 0.3 is 0 Å². The molecule has 1 amide bonds. The van der Waals surface area contributed by atoms with Crippen LogP contribution < -0.4 is 20.5 Å². The minimum absolute atomic E-state index is 0.239. The number of carbonyl (C=O) groups is 1. The maximum absolute atomic E-state index is 12.0. The molecule has 2 rings (SSSR count). The van der Waals surface area contributed by atoms with E-state index in [0.29, 0.717) is 17.1 Å². The molecule has 0 fully saturated rings. The molecule has 1 atom stereocenters. The van der Waals surface area contributed by atoms with Crippen LogP contribution in [0.2, 0.25) is 0 Å². The molecule has 0 aromatic heterocycles. The normalized spacial score (nSPS) is 11.5. The van der Waals surface area contributed by atoms with E-state index in [2.05, 4.69) is 5.32 Å². The molecule has 0 radical (unpaired) electrons. The van der Waals surface area contributed by atoms with Gasteiger partial charge in [-0.25, -0.2) is 0 Å². The molecule has 0 saturated carbocycles. The fourth-order valence-electron chi connectivity index (χ4n) is 1.77. The first-order valence-corrected chi connectivity index (χ1v) is 6.55. The van der Waals surface area contributed by atoms with Crippen LogP contribution in [0.15, 0.2) is 48.5 Å². The Hall–Kier alpha value is -2.69. The molecule has 0 aliphatic carbocycles. The van der Waals surface area contributed by atoms with Gasteiger partial charge in [-0.15, -0.1) is 0 Å². The van der Waals surface area contributed by atoms with Crippen LogP contribution in [0.3, 0.4) is 0 Å². The maximum Gasteiger partial charge on any atom is 0.265 e. The summed E-state index contributed by atoms with van der Waals surface area (Å²) in [6.07, 6.45) is -0.625. The average molecular weight is 286 g/mol. The van der Waals surface area contributed by atoms with Crippen LogP contribution in [0.4, 0.5) is 11.4 Å². The van der Waals surface area contributed by atoms with Crippen LogP contribution in [-0.2, 0) is 4.79 Å². The molecule has 21 heavy (non-hydrogen) atoms. The largest absolute Gasteiger partial charge is 0.497 e. The number of benzene rings is 2. The van der Waals surface area contributed by atoms with Gasteiger partial charge in [0, 0.05) is 11.4 Å². The minimum Gasteiger partial charge on any atom is -0.497 e. The van der Waals surface area contributed by atoms with E-state index < -0.39 is 6.10 Å². The zero-order valence-corrected chi connectivity index (χ0v) is 12.0. The second kappa shape index (κ2) is 6.65. The number of carbonyl (C=O) groups excluding carboxylic acids is 1. The van der Waals surface area contributed by atoms with Crippen molar-refractivity contribution in [3.05, 3.63) is 48.5 Å². The summed E-state index contributed by atoms with van der Waals surface area (Å²) in [6.45, 7) is 1.69. The van der Waals surface area contributed by atoms with Gasteiger partial charge in [0.2, 0.25) is 0 Å². The van der Waals surface area contributed by atoms with Crippen molar-refractivity contribution in [2.75, 3.05) is 18.2 Å². The Kier molecular flexibility index (Phi) is 4.66. The van der Waals surface area contributed by atoms with E-state index in [-0.39, 0.29) is 5.91 Å². The lowest BCUT2D eigenvalue weighted by Gasteiger charge is -2.15. The molecule has 1 unspecified atom stereocenters. The lowest BCUT2D eigenvalue weighted by atomic mass is 10.2. The van der Waals surface area contributed by atoms with Gasteiger partial charge in [0.1, 0.15) is 11.5 Å². The van der Waals surface area contributed by atoms with Gasteiger partial charge in [-0.05, 0) is 49.4 Å². The summed E-state index contributed by atoms with van der Waals surface area (Å²) in [5, 5.41) is 2.76. The van der Waals surface area contributed by atoms with E-state index in [0.717, 1.165) is 5.75 Å². The van der Waals surface area contributed by atoms with E-state index >= 15 is 0 Å². The van der Waals surface area contributed by atoms with Crippen LogP contribution in [0.25, 0.3) is 0 Å². The highest BCUT2D eigenvalue weighted by atomic mass is 16.5. The Morgan fingerprint density at radius 1 is 1.14 bits per heavy atom. The van der Waals surface area contributed by atoms with Crippen molar-refractivity contribution in [2.45, 2.75) is 13.0 Å². The highest BCUT2D eigenvalue weighted by Crippen LogP contribution is 2.19. The van der Waals surface area contributed by atoms with E-state index in [4.69, 9.17) is 15.2 Å². The summed E-state index contributed by atoms with van der Waals surface area (Å²) in [4.78, 5) is 12.0. The molecule has 5 nitrogen and oxygen atoms in total. The van der Waals surface area contributed by atoms with Crippen LogP contribution in [-0.4, -0.2) is 19.1 Å². The minimum atomic E-state index is -0.625. The third-order valence-corrected chi connectivity index (χ3v) is 2.90. The highest BCUT2D eigenvalue weighted by molar-refractivity contribution is 5.94. The average Bonchev–Trinajstić information content (AvgIpc) is 2.48. The Morgan fingerprint density at radius 2 is 1.81 bits per heavy atom. The molecule has 0 spiro atoms. The molecule has 0 aliphatic rings. The Morgan fingerprint density at radius 3 is 2.43 bits per heavy atom. The van der Waals surface area contributed by atoms with Crippen molar-refractivity contribution in [2.24, 2.45) is 0 Å². The van der Waals surface area contributed by atoms with Crippen molar-refractivity contribution in [1.29, 1.82) is 0 Å². The van der Waals surface area contributed by atoms with Gasteiger partial charge in [0.25, 0.3) is 5.91 Å². The monoisotopic (exact) mass is 286 g/mol. The van der Waals surface area contributed by atoms with Gasteiger partial charge < -0.3 is 20.5 Å². The number of hydrogen-bond acceptors (Lipinski definition) is 4. The molecule has 3 N–H and O–H groups in total. The van der Waals surface area contributed by atoms with Gasteiger partial charge in [-0.3, -0.25) is 4.79 Å². The quantitative estimate of drug-likeness (QED) is 0.829. The van der Waals surface area contributed by atoms with E-state index in [1.54, 1.807) is 62.6 Å². The summed E-state index contributed by atoms with van der Waals surface area (Å²) in [6, 6.07) is 14.1. The van der Waals surface area contributed by atoms with Crippen LogP contribution in [0.5, 0.6) is 11.5 Å². The highest BCUT2D eigenvalue weighted by Gasteiger charge is 2.14. The fraction of sp³-hybridized carbons (Fsp3) is 0.188. The number of amides is 1. The summed E-state index contributed by atoms with van der Waals surface area (Å²) in [7, 11) is 1.59. The maximum atomic E-state index is 12.0. The van der Waals surface area contributed by atoms with E-state index in [1.807, 2.05) is 0 Å². The number of ether oxygens (including phenoxy) is 2. The zero-order valence-electron chi connectivity index (χ0n) is 12.0. The fourth-order valence-corrected chi connectivity index (χ4v) is 1.77. The predicted molar refractivity (Wildman–Crippen MR) is 82.6 cm³/mol. The molecule has 2 aromatic carbocycles. The number of methoxy groups -OCH3 is 1. The smallest absolute Gasteiger partial charge is 0.265 e. The Bertz CT molecular complexity index is 611. The molecule has 110 valence electrons. The standard InChI is InChI=1S/C16H18N2O3/c1-11(21-15-8-6-14(20-2)7-9-15)16(19)18-13-5-3-4-12(17)10-13/h3-11H,17H2,1-2H3,(H,18,19). The van der Waals surface area contributed by atoms with Crippen LogP contribution in [0, 0.1) is 0 Å². The molecule has 0 bridgehead atoms. The molecule has 5 heteroatoms. The third kappa shape index (κ3) is 4.14. The first-order chi connectivity index (χ1) is 10.1. The van der Waals surface area contributed by atoms with Crippen molar-refractivity contribution < 1.29 is 14.3 Å². The van der Waals surface area contributed by atoms with Gasteiger partial charge in [-0.1, -0.05) is 6.07 Å². The number of anilines is 2. The Labute approximate surface area is 123 Å². The van der Waals surface area contributed by atoms with Crippen LogP contribution in [0.1, 0.15) is 6.92 Å². The first-order valence-electron chi connectivity index (χ1n) is 6.55. The van der Waals surface area contributed by atoms with Crippen molar-refractivity contribution in [3.8, 4) is 11.5 Å². The van der Waals surface area contributed by atoms with Gasteiger partial charge in [0.15, 0.2) is 6.10 Å². The lowest BCUT2D eigenvalue weighted by Crippen LogP contribution is -2.30. The third-order valence-electron chi connectivity index (χ3n) is 2.90. The molecule has 0 heterocycles. The summed E-state index contributed by atoms with van der Waals surface area (Å²) in [5.74, 6) is 1.10. The number of hydrogen-bond donors (Lipinski definition) is 2. The molecule has 0 aliphatic heterocycles. The number of nitrogens with one attached hydrogen (secondary N) is 1. The topological polar surface area (TPSA) is 73.6 Å². The first kappa shape index (κ1) is 14.7. The molecular weight excluding hydrogens is 268 g/mol. The second-order valence-electron chi connectivity index (χ2n) is 4.55. The van der Waals surface area contributed by atoms with Crippen molar-refractivity contribution in [1.82, 2.24) is 0 Å². The number of rotatable bonds is 5. The lowest BCUT2D eigenvalue weighted by molar-refractivity contribution is -0.122. The second-order valence-corrected chi connectivity index (χ2v) is 4.55. The Balaban J connectivity index is 1.95. The summed E-state index contributed by atoms with van der Waals surface area (Å²) in [5.41, 5.74) is 6.90. The van der Waals surface area contributed by atoms with E-state index in [1.165, 1.54) is 0 Å². The number of nitrogens with two attached hydrogens (primary N) is 1. The molecular formula is C16H18N2O3. The predicted octanol–water partition coefficient (Wildman–Crippen LogP) is 2.68. The van der Waals surface area contributed by atoms with E-state index in [9.17, 15) is 4.79 Å². The van der Waals surface area contributed by atoms with Gasteiger partial charge in [0.05, 0.1) is 7.11 Å². The summed E-state index contributed by atoms with van der Waals surface area (Å²) < 4.78 is 10.6. The van der Waals surface area contributed by atoms with Crippen LogP contribution >= 0.6 is 0 Å². The zero-order chi connectivity index (χ0) is 15.2. The van der Waals surface area contributed by atoms with Crippen molar-refractivity contribution in [3.63, 3.8) is 0 Å².